The molecule has 0 spiro atoms. The van der Waals surface area contributed by atoms with Crippen LogP contribution in [0.5, 0.6) is 23.0 Å². The molecule has 1 aliphatic rings. The van der Waals surface area contributed by atoms with Gasteiger partial charge in [-0.3, -0.25) is 5.43 Å². The van der Waals surface area contributed by atoms with Gasteiger partial charge in [0.25, 0.3) is 0 Å². The van der Waals surface area contributed by atoms with Crippen LogP contribution >= 0.6 is 22.6 Å². The summed E-state index contributed by atoms with van der Waals surface area (Å²) in [7, 11) is 2.85. The minimum atomic E-state index is -1.15. The van der Waals surface area contributed by atoms with E-state index >= 15 is 0 Å². The number of rotatable bonds is 13. The van der Waals surface area contributed by atoms with E-state index in [2.05, 4.69) is 43.8 Å². The van der Waals surface area contributed by atoms with Gasteiger partial charge in [0.2, 0.25) is 0 Å². The van der Waals surface area contributed by atoms with Gasteiger partial charge in [-0.15, -0.1) is 0 Å². The second-order valence-corrected chi connectivity index (χ2v) is 10.4. The highest BCUT2D eigenvalue weighted by molar-refractivity contribution is 14.1. The molecule has 0 saturated heterocycles. The molecule has 1 heterocycles. The summed E-state index contributed by atoms with van der Waals surface area (Å²) >= 11 is 2.18. The number of methoxy groups -OCH3 is 2. The van der Waals surface area contributed by atoms with E-state index in [0.717, 1.165) is 3.57 Å². The highest BCUT2D eigenvalue weighted by Gasteiger charge is 2.32. The Bertz CT molecular complexity index is 1310. The number of carbonyl (C=O) groups is 2. The summed E-state index contributed by atoms with van der Waals surface area (Å²) in [4.78, 5) is 24.6. The fourth-order valence-corrected chi connectivity index (χ4v) is 4.63. The summed E-state index contributed by atoms with van der Waals surface area (Å²) in [5, 5.41) is 19.9. The number of carbonyl (C=O) groups excluding carboxylic acids is 2. The Kier molecular flexibility index (Phi) is 11.5. The lowest BCUT2D eigenvalue weighted by Crippen LogP contribution is -2.45. The number of allylic oxidation sites excluding steroid dienone is 1. The summed E-state index contributed by atoms with van der Waals surface area (Å²) in [6, 6.07) is 7.56. The lowest BCUT2D eigenvalue weighted by Gasteiger charge is -2.28. The first-order valence-electron chi connectivity index (χ1n) is 12.8. The molecule has 41 heavy (non-hydrogen) atoms. The van der Waals surface area contributed by atoms with E-state index < -0.39 is 24.3 Å². The Morgan fingerprint density at radius 3 is 2.59 bits per heavy atom. The molecule has 0 fully saturated rings. The van der Waals surface area contributed by atoms with Gasteiger partial charge in [-0.1, -0.05) is 6.07 Å². The number of esters is 1. The fraction of sp³-hybridized carbons (Fsp3) is 0.393. The van der Waals surface area contributed by atoms with Gasteiger partial charge in [0.05, 0.1) is 44.8 Å². The summed E-state index contributed by atoms with van der Waals surface area (Å²) < 4.78 is 28.8. The van der Waals surface area contributed by atoms with Gasteiger partial charge in [0.15, 0.2) is 29.2 Å². The maximum absolute atomic E-state index is 12.4. The third-order valence-corrected chi connectivity index (χ3v) is 6.34. The average molecular weight is 683 g/mol. The second kappa shape index (κ2) is 14.8. The van der Waals surface area contributed by atoms with Crippen LogP contribution in [0.15, 0.2) is 46.7 Å². The Hall–Kier alpha value is -3.72. The van der Waals surface area contributed by atoms with Crippen LogP contribution < -0.4 is 35.0 Å². The minimum absolute atomic E-state index is 0.0767. The molecule has 13 heteroatoms. The number of aliphatic hydroxyl groups excluding tert-OH is 1. The van der Waals surface area contributed by atoms with E-state index in [0.29, 0.717) is 46.4 Å². The Balaban J connectivity index is 1.73. The van der Waals surface area contributed by atoms with Gasteiger partial charge < -0.3 is 39.4 Å². The maximum atomic E-state index is 12.4. The maximum Gasteiger partial charge on any atom is 0.337 e. The average Bonchev–Trinajstić information content (AvgIpc) is 2.92. The molecule has 0 aliphatic carbocycles. The van der Waals surface area contributed by atoms with Crippen molar-refractivity contribution < 1.29 is 38.4 Å². The molecule has 222 valence electrons. The molecular formula is C28H35IN4O8. The molecule has 2 atom stereocenters. The zero-order valence-corrected chi connectivity index (χ0v) is 25.9. The minimum Gasteiger partial charge on any atom is -0.493 e. The number of hydrogen-bond acceptors (Lipinski definition) is 10. The van der Waals surface area contributed by atoms with Crippen LogP contribution in [0.2, 0.25) is 0 Å². The van der Waals surface area contributed by atoms with Gasteiger partial charge in [-0.25, -0.2) is 9.59 Å². The SMILES string of the molecule is CCOc1cc([C@@H]2NC(=O)NC(C)=C2C(=O)OC)ccc1OC[C@H](O)N/N=C/c1cc(I)cc(OC)c1OC(C)C. The molecule has 0 bridgehead atoms. The Labute approximate surface area is 252 Å². The molecule has 1 aliphatic heterocycles. The molecule has 2 aromatic rings. The zero-order chi connectivity index (χ0) is 30.1. The first-order chi connectivity index (χ1) is 19.6. The molecule has 0 aromatic heterocycles. The highest BCUT2D eigenvalue weighted by Crippen LogP contribution is 2.35. The van der Waals surface area contributed by atoms with Gasteiger partial charge in [0.1, 0.15) is 6.61 Å². The molecule has 12 nitrogen and oxygen atoms in total. The molecular weight excluding hydrogens is 647 g/mol. The monoisotopic (exact) mass is 682 g/mol. The number of benzene rings is 2. The van der Waals surface area contributed by atoms with E-state index in [1.807, 2.05) is 32.9 Å². The number of nitrogens with zero attached hydrogens (tertiary/aromatic N) is 1. The topological polar surface area (TPSA) is 149 Å². The number of nitrogens with one attached hydrogen (secondary N) is 3. The summed E-state index contributed by atoms with van der Waals surface area (Å²) in [5.41, 5.74) is 4.57. The van der Waals surface area contributed by atoms with Gasteiger partial charge >= 0.3 is 12.0 Å². The van der Waals surface area contributed by atoms with Crippen molar-refractivity contribution in [2.45, 2.75) is 46.1 Å². The molecule has 0 radical (unpaired) electrons. The fourth-order valence-electron chi connectivity index (χ4n) is 4.01. The first-order valence-corrected chi connectivity index (χ1v) is 13.9. The predicted molar refractivity (Wildman–Crippen MR) is 160 cm³/mol. The first kappa shape index (κ1) is 31.8. The predicted octanol–water partition coefficient (Wildman–Crippen LogP) is 3.61. The largest absolute Gasteiger partial charge is 0.493 e. The van der Waals surface area contributed by atoms with Crippen LogP contribution in [0.4, 0.5) is 4.79 Å². The van der Waals surface area contributed by atoms with Crippen molar-refractivity contribution in [3.05, 3.63) is 56.3 Å². The Morgan fingerprint density at radius 1 is 1.17 bits per heavy atom. The number of hydrogen-bond donors (Lipinski definition) is 4. The number of hydrazone groups is 1. The zero-order valence-electron chi connectivity index (χ0n) is 23.7. The summed E-state index contributed by atoms with van der Waals surface area (Å²) in [6.07, 6.45) is 0.306. The number of aliphatic hydroxyl groups is 1. The normalized spacial score (nSPS) is 15.7. The van der Waals surface area contributed by atoms with Crippen LogP contribution in [-0.2, 0) is 9.53 Å². The lowest BCUT2D eigenvalue weighted by molar-refractivity contribution is -0.136. The van der Waals surface area contributed by atoms with Crippen molar-refractivity contribution in [2.24, 2.45) is 5.10 Å². The molecule has 3 rings (SSSR count). The van der Waals surface area contributed by atoms with Gasteiger partial charge in [-0.2, -0.15) is 5.10 Å². The lowest BCUT2D eigenvalue weighted by atomic mass is 9.95. The van der Waals surface area contributed by atoms with Crippen molar-refractivity contribution >= 4 is 40.8 Å². The number of amides is 2. The van der Waals surface area contributed by atoms with E-state index in [9.17, 15) is 14.7 Å². The second-order valence-electron chi connectivity index (χ2n) is 9.11. The van der Waals surface area contributed by atoms with Crippen molar-refractivity contribution in [1.29, 1.82) is 0 Å². The van der Waals surface area contributed by atoms with Crippen molar-refractivity contribution in [2.75, 3.05) is 27.4 Å². The van der Waals surface area contributed by atoms with Gasteiger partial charge in [-0.05, 0) is 80.1 Å². The van der Waals surface area contributed by atoms with Crippen LogP contribution in [0.25, 0.3) is 0 Å². The quantitative estimate of drug-likeness (QED) is 0.0818. The summed E-state index contributed by atoms with van der Waals surface area (Å²) in [6.45, 7) is 7.45. The Morgan fingerprint density at radius 2 is 1.93 bits per heavy atom. The molecule has 0 unspecified atom stereocenters. The van der Waals surface area contributed by atoms with E-state index in [1.54, 1.807) is 32.2 Å². The third kappa shape index (κ3) is 8.39. The van der Waals surface area contributed by atoms with Crippen LogP contribution in [-0.4, -0.2) is 63.1 Å². The van der Waals surface area contributed by atoms with E-state index in [4.69, 9.17) is 23.7 Å². The molecule has 0 saturated carbocycles. The third-order valence-electron chi connectivity index (χ3n) is 5.72. The number of ether oxygens (including phenoxy) is 5. The van der Waals surface area contributed by atoms with Crippen LogP contribution in [0, 0.1) is 3.57 Å². The smallest absolute Gasteiger partial charge is 0.337 e. The number of halogens is 1. The van der Waals surface area contributed by atoms with E-state index in [-0.39, 0.29) is 18.3 Å². The standard InChI is InChI=1S/C28H35IN4O8/c1-7-39-21-11-17(25-24(27(35)38-6)16(4)31-28(36)32-25)8-9-20(21)40-14-23(34)33-30-13-18-10-19(29)12-22(37-5)26(18)41-15(2)3/h8-13,15,23,25,33-34H,7,14H2,1-6H3,(H2,31,32,36)/b30-13+/t23-,25-/m0/s1. The molecule has 2 amide bonds. The number of urea groups is 1. The van der Waals surface area contributed by atoms with Crippen LogP contribution in [0.1, 0.15) is 44.9 Å². The highest BCUT2D eigenvalue weighted by atomic mass is 127. The van der Waals surface area contributed by atoms with Crippen molar-refractivity contribution in [3.63, 3.8) is 0 Å². The van der Waals surface area contributed by atoms with E-state index in [1.165, 1.54) is 13.3 Å². The van der Waals surface area contributed by atoms with Crippen LogP contribution in [0.3, 0.4) is 0 Å². The molecule has 2 aromatic carbocycles. The summed E-state index contributed by atoms with van der Waals surface area (Å²) in [5.74, 6) is 1.29. The van der Waals surface area contributed by atoms with Crippen molar-refractivity contribution in [3.8, 4) is 23.0 Å². The van der Waals surface area contributed by atoms with Crippen molar-refractivity contribution in [1.82, 2.24) is 16.1 Å². The van der Waals surface area contributed by atoms with Gasteiger partial charge in [0, 0.05) is 14.8 Å². The molecule has 4 N–H and O–H groups in total.